The quantitative estimate of drug-likeness (QED) is 0.744. The second-order valence-corrected chi connectivity index (χ2v) is 6.29. The molecule has 0 bridgehead atoms. The Morgan fingerprint density at radius 1 is 0.923 bits per heavy atom. The first-order chi connectivity index (χ1) is 12.6. The van der Waals surface area contributed by atoms with Crippen molar-refractivity contribution in [1.29, 1.82) is 0 Å². The fourth-order valence-electron chi connectivity index (χ4n) is 2.57. The Morgan fingerprint density at radius 3 is 2.31 bits per heavy atom. The van der Waals surface area contributed by atoms with Gasteiger partial charge in [0, 0.05) is 20.1 Å². The zero-order valence-corrected chi connectivity index (χ0v) is 15.0. The Balaban J connectivity index is 1.57. The molecule has 0 unspecified atom stereocenters. The summed E-state index contributed by atoms with van der Waals surface area (Å²) in [6.07, 6.45) is 0. The van der Waals surface area contributed by atoms with Gasteiger partial charge < -0.3 is 10.2 Å². The Labute approximate surface area is 153 Å². The summed E-state index contributed by atoms with van der Waals surface area (Å²) < 4.78 is 0. The SMILES string of the molecule is Cc1ccc(CNC(=O)c2ccc(N(C)Cc3ccccc3)nn2)cc1. The van der Waals surface area contributed by atoms with Crippen molar-refractivity contribution in [3.8, 4) is 0 Å². The van der Waals surface area contributed by atoms with Crippen molar-refractivity contribution in [2.24, 2.45) is 0 Å². The summed E-state index contributed by atoms with van der Waals surface area (Å²) in [7, 11) is 1.95. The lowest BCUT2D eigenvalue weighted by molar-refractivity contribution is 0.0945. The van der Waals surface area contributed by atoms with Crippen LogP contribution in [0, 0.1) is 6.92 Å². The number of aryl methyl sites for hydroxylation is 1. The molecule has 3 aromatic rings. The van der Waals surface area contributed by atoms with Gasteiger partial charge in [0.05, 0.1) is 0 Å². The summed E-state index contributed by atoms with van der Waals surface area (Å²) in [5.41, 5.74) is 3.75. The van der Waals surface area contributed by atoms with Crippen LogP contribution in [0.2, 0.25) is 0 Å². The van der Waals surface area contributed by atoms with E-state index in [-0.39, 0.29) is 5.91 Å². The van der Waals surface area contributed by atoms with Gasteiger partial charge in [0.15, 0.2) is 11.5 Å². The summed E-state index contributed by atoms with van der Waals surface area (Å²) in [6.45, 7) is 3.24. The van der Waals surface area contributed by atoms with Gasteiger partial charge >= 0.3 is 0 Å². The van der Waals surface area contributed by atoms with Crippen molar-refractivity contribution in [2.45, 2.75) is 20.0 Å². The number of rotatable bonds is 6. The Bertz CT molecular complexity index is 845. The normalized spacial score (nSPS) is 10.4. The van der Waals surface area contributed by atoms with Crippen molar-refractivity contribution >= 4 is 11.7 Å². The second-order valence-electron chi connectivity index (χ2n) is 6.29. The molecule has 3 rings (SSSR count). The number of benzene rings is 2. The summed E-state index contributed by atoms with van der Waals surface area (Å²) in [4.78, 5) is 14.2. The highest BCUT2D eigenvalue weighted by atomic mass is 16.1. The van der Waals surface area contributed by atoms with Gasteiger partial charge in [-0.25, -0.2) is 0 Å². The molecule has 1 amide bonds. The molecule has 0 aliphatic rings. The first-order valence-electron chi connectivity index (χ1n) is 8.54. The summed E-state index contributed by atoms with van der Waals surface area (Å²) in [6, 6.07) is 21.7. The van der Waals surface area contributed by atoms with Gasteiger partial charge in [-0.2, -0.15) is 0 Å². The van der Waals surface area contributed by atoms with E-state index in [9.17, 15) is 4.79 Å². The van der Waals surface area contributed by atoms with E-state index in [1.807, 2.05) is 67.4 Å². The van der Waals surface area contributed by atoms with Gasteiger partial charge in [-0.1, -0.05) is 60.2 Å². The van der Waals surface area contributed by atoms with E-state index in [2.05, 4.69) is 27.6 Å². The number of carbonyl (C=O) groups excluding carboxylic acids is 1. The van der Waals surface area contributed by atoms with E-state index in [1.165, 1.54) is 11.1 Å². The average Bonchev–Trinajstić information content (AvgIpc) is 2.68. The number of hydrogen-bond acceptors (Lipinski definition) is 4. The number of hydrogen-bond donors (Lipinski definition) is 1. The van der Waals surface area contributed by atoms with E-state index < -0.39 is 0 Å². The molecule has 0 fully saturated rings. The Morgan fingerprint density at radius 2 is 1.65 bits per heavy atom. The molecule has 26 heavy (non-hydrogen) atoms. The van der Waals surface area contributed by atoms with Crippen LogP contribution in [0.3, 0.4) is 0 Å². The highest BCUT2D eigenvalue weighted by molar-refractivity contribution is 5.92. The number of aromatic nitrogens is 2. The largest absolute Gasteiger partial charge is 0.354 e. The van der Waals surface area contributed by atoms with Gasteiger partial charge in [0.1, 0.15) is 0 Å². The smallest absolute Gasteiger partial charge is 0.272 e. The molecule has 1 aromatic heterocycles. The molecule has 1 heterocycles. The van der Waals surface area contributed by atoms with E-state index in [0.717, 1.165) is 17.9 Å². The minimum Gasteiger partial charge on any atom is -0.354 e. The van der Waals surface area contributed by atoms with E-state index in [1.54, 1.807) is 6.07 Å². The zero-order chi connectivity index (χ0) is 18.4. The topological polar surface area (TPSA) is 58.1 Å². The standard InChI is InChI=1S/C21H22N4O/c1-16-8-10-17(11-9-16)14-22-21(26)19-12-13-20(24-23-19)25(2)15-18-6-4-3-5-7-18/h3-13H,14-15H2,1-2H3,(H,22,26). The average molecular weight is 346 g/mol. The van der Waals surface area contributed by atoms with Crippen LogP contribution in [0.1, 0.15) is 27.2 Å². The van der Waals surface area contributed by atoms with E-state index in [4.69, 9.17) is 0 Å². The lowest BCUT2D eigenvalue weighted by atomic mass is 10.1. The van der Waals surface area contributed by atoms with Crippen LogP contribution in [0.5, 0.6) is 0 Å². The first kappa shape index (κ1) is 17.6. The maximum atomic E-state index is 12.2. The molecule has 5 nitrogen and oxygen atoms in total. The van der Waals surface area contributed by atoms with Crippen molar-refractivity contribution in [3.63, 3.8) is 0 Å². The van der Waals surface area contributed by atoms with Gasteiger partial charge in [0.25, 0.3) is 5.91 Å². The molecular formula is C21H22N4O. The molecule has 0 saturated carbocycles. The molecule has 132 valence electrons. The molecular weight excluding hydrogens is 324 g/mol. The predicted octanol–water partition coefficient (Wildman–Crippen LogP) is 3.35. The van der Waals surface area contributed by atoms with Crippen LogP contribution >= 0.6 is 0 Å². The molecule has 0 spiro atoms. The lowest BCUT2D eigenvalue weighted by Crippen LogP contribution is -2.25. The van der Waals surface area contributed by atoms with E-state index >= 15 is 0 Å². The molecule has 0 radical (unpaired) electrons. The summed E-state index contributed by atoms with van der Waals surface area (Å²) in [5, 5.41) is 11.1. The number of nitrogens with one attached hydrogen (secondary N) is 1. The van der Waals surface area contributed by atoms with Crippen LogP contribution in [0.25, 0.3) is 0 Å². The van der Waals surface area contributed by atoms with Crippen molar-refractivity contribution in [2.75, 3.05) is 11.9 Å². The van der Waals surface area contributed by atoms with E-state index in [0.29, 0.717) is 12.2 Å². The van der Waals surface area contributed by atoms with Crippen molar-refractivity contribution in [1.82, 2.24) is 15.5 Å². The number of nitrogens with zero attached hydrogens (tertiary/aromatic N) is 3. The van der Waals surface area contributed by atoms with Crippen LogP contribution < -0.4 is 10.2 Å². The third-order valence-electron chi connectivity index (χ3n) is 4.11. The number of anilines is 1. The molecule has 0 saturated heterocycles. The van der Waals surface area contributed by atoms with Crippen LogP contribution in [-0.2, 0) is 13.1 Å². The van der Waals surface area contributed by atoms with Crippen LogP contribution in [0.15, 0.2) is 66.7 Å². The monoisotopic (exact) mass is 346 g/mol. The highest BCUT2D eigenvalue weighted by Gasteiger charge is 2.10. The molecule has 0 atom stereocenters. The third kappa shape index (κ3) is 4.66. The molecule has 2 aromatic carbocycles. The fourth-order valence-corrected chi connectivity index (χ4v) is 2.57. The highest BCUT2D eigenvalue weighted by Crippen LogP contribution is 2.12. The Hall–Kier alpha value is -3.21. The number of carbonyl (C=O) groups is 1. The zero-order valence-electron chi connectivity index (χ0n) is 15.0. The maximum absolute atomic E-state index is 12.2. The van der Waals surface area contributed by atoms with Crippen LogP contribution in [0.4, 0.5) is 5.82 Å². The minimum absolute atomic E-state index is 0.227. The van der Waals surface area contributed by atoms with Crippen molar-refractivity contribution in [3.05, 3.63) is 89.1 Å². The summed E-state index contributed by atoms with van der Waals surface area (Å²) in [5.74, 6) is 0.499. The third-order valence-corrected chi connectivity index (χ3v) is 4.11. The first-order valence-corrected chi connectivity index (χ1v) is 8.54. The maximum Gasteiger partial charge on any atom is 0.272 e. The lowest BCUT2D eigenvalue weighted by Gasteiger charge is -2.17. The predicted molar refractivity (Wildman–Crippen MR) is 103 cm³/mol. The fraction of sp³-hybridized carbons (Fsp3) is 0.190. The molecule has 0 aliphatic heterocycles. The Kier molecular flexibility index (Phi) is 5.59. The molecule has 0 aliphatic carbocycles. The number of amides is 1. The van der Waals surface area contributed by atoms with Crippen molar-refractivity contribution < 1.29 is 4.79 Å². The van der Waals surface area contributed by atoms with Gasteiger partial charge in [0.2, 0.25) is 0 Å². The van der Waals surface area contributed by atoms with Crippen LogP contribution in [-0.4, -0.2) is 23.2 Å². The second kappa shape index (κ2) is 8.25. The summed E-state index contributed by atoms with van der Waals surface area (Å²) >= 11 is 0. The minimum atomic E-state index is -0.227. The molecule has 1 N–H and O–H groups in total. The van der Waals surface area contributed by atoms with Gasteiger partial charge in [-0.15, -0.1) is 10.2 Å². The van der Waals surface area contributed by atoms with Gasteiger partial charge in [-0.3, -0.25) is 4.79 Å². The van der Waals surface area contributed by atoms with Gasteiger partial charge in [-0.05, 0) is 30.2 Å². The molecule has 5 heteroatoms.